The average molecular weight is 330 g/mol. The zero-order chi connectivity index (χ0) is 16.7. The predicted octanol–water partition coefficient (Wildman–Crippen LogP) is 1.43. The molecule has 4 rings (SSSR count). The molecule has 2 aliphatic heterocycles. The van der Waals surface area contributed by atoms with Crippen LogP contribution in [0.3, 0.4) is 0 Å². The first-order valence-corrected chi connectivity index (χ1v) is 7.37. The van der Waals surface area contributed by atoms with Gasteiger partial charge in [-0.05, 0) is 12.1 Å². The van der Waals surface area contributed by atoms with Gasteiger partial charge in [0.15, 0.2) is 17.2 Å². The zero-order valence-electron chi connectivity index (χ0n) is 12.5. The lowest BCUT2D eigenvalue weighted by atomic mass is 10.1. The van der Waals surface area contributed by atoms with Gasteiger partial charge in [0.05, 0.1) is 6.54 Å². The minimum absolute atomic E-state index is 0.0365. The van der Waals surface area contributed by atoms with Crippen LogP contribution in [0.25, 0.3) is 0 Å². The van der Waals surface area contributed by atoms with Crippen LogP contribution in [0, 0.1) is 0 Å². The summed E-state index contributed by atoms with van der Waals surface area (Å²) in [6.45, 7) is 0.842. The highest BCUT2D eigenvalue weighted by atomic mass is 16.7. The van der Waals surface area contributed by atoms with Gasteiger partial charge in [0.25, 0.3) is 0 Å². The standard InChI is InChI=1S/C15H14N4O5/c20-14(21)13-9-6-19(4-3-10(9)17-18-13)15(22)16-8-1-2-11-12(5-8)24-7-23-11/h1-2,5H,3-4,6-7H2,(H,16,22)(H,17,18)(H,20,21). The highest BCUT2D eigenvalue weighted by Crippen LogP contribution is 2.34. The number of aromatic carboxylic acids is 1. The maximum Gasteiger partial charge on any atom is 0.356 e. The number of fused-ring (bicyclic) bond motifs is 2. The van der Waals surface area contributed by atoms with E-state index in [1.807, 2.05) is 0 Å². The Labute approximate surface area is 136 Å². The van der Waals surface area contributed by atoms with Gasteiger partial charge in [0.2, 0.25) is 6.79 Å². The predicted molar refractivity (Wildman–Crippen MR) is 81.2 cm³/mol. The van der Waals surface area contributed by atoms with Gasteiger partial charge in [-0.1, -0.05) is 0 Å². The molecule has 0 atom stereocenters. The molecule has 3 N–H and O–H groups in total. The molecule has 3 heterocycles. The van der Waals surface area contributed by atoms with E-state index in [0.29, 0.717) is 35.7 Å². The molecule has 2 aliphatic rings. The number of H-pyrrole nitrogens is 1. The molecule has 0 aliphatic carbocycles. The number of anilines is 1. The molecule has 2 aromatic rings. The molecule has 0 radical (unpaired) electrons. The first-order chi connectivity index (χ1) is 11.6. The molecule has 0 spiro atoms. The number of ether oxygens (including phenoxy) is 2. The van der Waals surface area contributed by atoms with Crippen LogP contribution in [-0.4, -0.2) is 45.5 Å². The molecule has 0 saturated heterocycles. The Balaban J connectivity index is 1.49. The third kappa shape index (κ3) is 2.39. The van der Waals surface area contributed by atoms with E-state index in [1.165, 1.54) is 0 Å². The van der Waals surface area contributed by atoms with E-state index in [1.54, 1.807) is 23.1 Å². The number of carboxylic acid groups (broad SMARTS) is 1. The first kappa shape index (κ1) is 14.4. The number of carbonyl (C=O) groups is 2. The van der Waals surface area contributed by atoms with Crippen LogP contribution in [0.2, 0.25) is 0 Å². The van der Waals surface area contributed by atoms with Gasteiger partial charge >= 0.3 is 12.0 Å². The molecule has 0 unspecified atom stereocenters. The largest absolute Gasteiger partial charge is 0.476 e. The second-order valence-corrected chi connectivity index (χ2v) is 5.50. The van der Waals surface area contributed by atoms with E-state index in [2.05, 4.69) is 15.5 Å². The summed E-state index contributed by atoms with van der Waals surface area (Å²) >= 11 is 0. The van der Waals surface area contributed by atoms with Crippen LogP contribution in [-0.2, 0) is 13.0 Å². The molecule has 2 amide bonds. The van der Waals surface area contributed by atoms with E-state index in [0.717, 1.165) is 5.69 Å². The Morgan fingerprint density at radius 2 is 2.12 bits per heavy atom. The summed E-state index contributed by atoms with van der Waals surface area (Å²) in [7, 11) is 0. The average Bonchev–Trinajstić information content (AvgIpc) is 3.20. The minimum Gasteiger partial charge on any atom is -0.476 e. The number of hydrogen-bond donors (Lipinski definition) is 3. The summed E-state index contributed by atoms with van der Waals surface area (Å²) in [4.78, 5) is 25.2. The van der Waals surface area contributed by atoms with Crippen molar-refractivity contribution < 1.29 is 24.2 Å². The van der Waals surface area contributed by atoms with Crippen LogP contribution in [0.4, 0.5) is 10.5 Å². The number of amides is 2. The van der Waals surface area contributed by atoms with Gasteiger partial charge in [-0.15, -0.1) is 0 Å². The summed E-state index contributed by atoms with van der Waals surface area (Å²) in [6.07, 6.45) is 0.532. The molecular weight excluding hydrogens is 316 g/mol. The number of carboxylic acids is 1. The van der Waals surface area contributed by atoms with Crippen molar-refractivity contribution in [2.24, 2.45) is 0 Å². The maximum atomic E-state index is 12.4. The van der Waals surface area contributed by atoms with Crippen LogP contribution < -0.4 is 14.8 Å². The topological polar surface area (TPSA) is 117 Å². The van der Waals surface area contributed by atoms with Crippen molar-refractivity contribution in [3.05, 3.63) is 35.2 Å². The highest BCUT2D eigenvalue weighted by molar-refractivity contribution is 5.91. The molecule has 9 nitrogen and oxygen atoms in total. The van der Waals surface area contributed by atoms with Crippen molar-refractivity contribution in [2.45, 2.75) is 13.0 Å². The summed E-state index contributed by atoms with van der Waals surface area (Å²) in [5.74, 6) is 0.113. The lowest BCUT2D eigenvalue weighted by Crippen LogP contribution is -2.39. The van der Waals surface area contributed by atoms with E-state index in [4.69, 9.17) is 14.6 Å². The van der Waals surface area contributed by atoms with Crippen molar-refractivity contribution in [3.63, 3.8) is 0 Å². The van der Waals surface area contributed by atoms with Gasteiger partial charge in [-0.2, -0.15) is 5.10 Å². The van der Waals surface area contributed by atoms with Crippen LogP contribution in [0.15, 0.2) is 18.2 Å². The molecule has 124 valence electrons. The van der Waals surface area contributed by atoms with Crippen molar-refractivity contribution in [1.82, 2.24) is 15.1 Å². The fourth-order valence-corrected chi connectivity index (χ4v) is 2.82. The molecule has 1 aromatic heterocycles. The number of urea groups is 1. The second-order valence-electron chi connectivity index (χ2n) is 5.50. The summed E-state index contributed by atoms with van der Waals surface area (Å²) in [6, 6.07) is 4.83. The third-order valence-electron chi connectivity index (χ3n) is 4.05. The normalized spacial score (nSPS) is 15.1. The number of benzene rings is 1. The fraction of sp³-hybridized carbons (Fsp3) is 0.267. The smallest absolute Gasteiger partial charge is 0.356 e. The highest BCUT2D eigenvalue weighted by Gasteiger charge is 2.27. The minimum atomic E-state index is -1.11. The van der Waals surface area contributed by atoms with Crippen LogP contribution in [0.5, 0.6) is 11.5 Å². The van der Waals surface area contributed by atoms with E-state index in [9.17, 15) is 9.59 Å². The van der Waals surface area contributed by atoms with E-state index in [-0.39, 0.29) is 25.1 Å². The Morgan fingerprint density at radius 3 is 2.96 bits per heavy atom. The lowest BCUT2D eigenvalue weighted by molar-refractivity contribution is 0.0687. The first-order valence-electron chi connectivity index (χ1n) is 7.37. The lowest BCUT2D eigenvalue weighted by Gasteiger charge is -2.27. The number of aromatic amines is 1. The van der Waals surface area contributed by atoms with Gasteiger partial charge in [-0.25, -0.2) is 9.59 Å². The van der Waals surface area contributed by atoms with Gasteiger partial charge in [0.1, 0.15) is 0 Å². The second kappa shape index (κ2) is 5.44. The summed E-state index contributed by atoms with van der Waals surface area (Å²) in [5.41, 5.74) is 1.86. The van der Waals surface area contributed by atoms with Crippen LogP contribution >= 0.6 is 0 Å². The quantitative estimate of drug-likeness (QED) is 0.767. The summed E-state index contributed by atoms with van der Waals surface area (Å²) < 4.78 is 10.5. The number of aromatic nitrogens is 2. The summed E-state index contributed by atoms with van der Waals surface area (Å²) in [5, 5.41) is 18.5. The number of hydrogen-bond acceptors (Lipinski definition) is 5. The van der Waals surface area contributed by atoms with E-state index < -0.39 is 5.97 Å². The van der Waals surface area contributed by atoms with E-state index >= 15 is 0 Å². The number of nitrogens with zero attached hydrogens (tertiary/aromatic N) is 2. The Morgan fingerprint density at radius 1 is 1.29 bits per heavy atom. The number of rotatable bonds is 2. The molecular formula is C15H14N4O5. The SMILES string of the molecule is O=C(O)c1n[nH]c2c1CN(C(=O)Nc1ccc3c(c1)OCO3)CC2. The van der Waals surface area contributed by atoms with Crippen LogP contribution in [0.1, 0.15) is 21.7 Å². The molecule has 0 saturated carbocycles. The molecule has 9 heteroatoms. The third-order valence-corrected chi connectivity index (χ3v) is 4.05. The maximum absolute atomic E-state index is 12.4. The Hall–Kier alpha value is -3.23. The molecule has 0 fully saturated rings. The number of carbonyl (C=O) groups excluding carboxylic acids is 1. The molecule has 1 aromatic carbocycles. The van der Waals surface area contributed by atoms with Gasteiger partial charge in [-0.3, -0.25) is 5.10 Å². The Bertz CT molecular complexity index is 831. The van der Waals surface area contributed by atoms with Crippen molar-refractivity contribution in [2.75, 3.05) is 18.7 Å². The van der Waals surface area contributed by atoms with Gasteiger partial charge in [0, 0.05) is 36.0 Å². The molecule has 24 heavy (non-hydrogen) atoms. The van der Waals surface area contributed by atoms with Gasteiger partial charge < -0.3 is 24.8 Å². The van der Waals surface area contributed by atoms with Crippen molar-refractivity contribution in [3.8, 4) is 11.5 Å². The Kier molecular flexibility index (Phi) is 3.26. The fourth-order valence-electron chi connectivity index (χ4n) is 2.82. The zero-order valence-corrected chi connectivity index (χ0v) is 12.5. The van der Waals surface area contributed by atoms with Crippen molar-refractivity contribution in [1.29, 1.82) is 0 Å². The van der Waals surface area contributed by atoms with Crippen molar-refractivity contribution >= 4 is 17.7 Å². The monoisotopic (exact) mass is 330 g/mol. The molecule has 0 bridgehead atoms. The number of nitrogens with one attached hydrogen (secondary N) is 2.